The molecule has 0 saturated carbocycles. The standard InChI is InChI=1S/C10H22N2O2/c1-10(2,14-4)8-9(13)12(3)7-5-6-11/h5-8,11H2,1-4H3. The molecular weight excluding hydrogens is 180 g/mol. The predicted octanol–water partition coefficient (Wildman–Crippen LogP) is 0.609. The molecule has 0 fully saturated rings. The maximum absolute atomic E-state index is 11.6. The number of hydrogen-bond acceptors (Lipinski definition) is 3. The van der Waals surface area contributed by atoms with E-state index in [0.717, 1.165) is 13.0 Å². The molecule has 4 heteroatoms. The van der Waals surface area contributed by atoms with Crippen LogP contribution in [-0.4, -0.2) is 43.7 Å². The quantitative estimate of drug-likeness (QED) is 0.686. The highest BCUT2D eigenvalue weighted by Crippen LogP contribution is 2.14. The van der Waals surface area contributed by atoms with Crippen LogP contribution in [0.2, 0.25) is 0 Å². The third-order valence-corrected chi connectivity index (χ3v) is 2.25. The first kappa shape index (κ1) is 13.4. The van der Waals surface area contributed by atoms with Crippen molar-refractivity contribution in [3.05, 3.63) is 0 Å². The van der Waals surface area contributed by atoms with Crippen LogP contribution in [0, 0.1) is 0 Å². The number of amides is 1. The van der Waals surface area contributed by atoms with E-state index in [4.69, 9.17) is 10.5 Å². The molecule has 0 saturated heterocycles. The van der Waals surface area contributed by atoms with E-state index in [1.165, 1.54) is 0 Å². The zero-order chi connectivity index (χ0) is 11.2. The summed E-state index contributed by atoms with van der Waals surface area (Å²) in [4.78, 5) is 13.3. The second kappa shape index (κ2) is 5.98. The summed E-state index contributed by atoms with van der Waals surface area (Å²) in [6.07, 6.45) is 1.25. The van der Waals surface area contributed by atoms with E-state index in [9.17, 15) is 4.79 Å². The van der Waals surface area contributed by atoms with Crippen molar-refractivity contribution >= 4 is 5.91 Å². The molecule has 0 radical (unpaired) electrons. The van der Waals surface area contributed by atoms with Gasteiger partial charge in [0.1, 0.15) is 0 Å². The molecule has 0 aliphatic rings. The molecule has 0 bridgehead atoms. The van der Waals surface area contributed by atoms with E-state index in [1.54, 1.807) is 19.1 Å². The van der Waals surface area contributed by atoms with Crippen molar-refractivity contribution < 1.29 is 9.53 Å². The number of nitrogens with two attached hydrogens (primary N) is 1. The molecule has 0 aromatic heterocycles. The minimum Gasteiger partial charge on any atom is -0.378 e. The Balaban J connectivity index is 3.95. The fourth-order valence-electron chi connectivity index (χ4n) is 1.02. The molecule has 4 nitrogen and oxygen atoms in total. The number of rotatable bonds is 6. The summed E-state index contributed by atoms with van der Waals surface area (Å²) < 4.78 is 5.19. The minimum absolute atomic E-state index is 0.102. The average molecular weight is 202 g/mol. The number of hydrogen-bond donors (Lipinski definition) is 1. The highest BCUT2D eigenvalue weighted by atomic mass is 16.5. The summed E-state index contributed by atoms with van der Waals surface area (Å²) in [5.74, 6) is 0.102. The number of ether oxygens (including phenoxy) is 1. The molecule has 0 aromatic rings. The van der Waals surface area contributed by atoms with Crippen LogP contribution in [0.25, 0.3) is 0 Å². The summed E-state index contributed by atoms with van der Waals surface area (Å²) in [7, 11) is 3.41. The van der Waals surface area contributed by atoms with Gasteiger partial charge in [-0.05, 0) is 26.8 Å². The monoisotopic (exact) mass is 202 g/mol. The zero-order valence-corrected chi connectivity index (χ0v) is 9.67. The molecule has 0 rings (SSSR count). The van der Waals surface area contributed by atoms with Crippen molar-refractivity contribution in [3.63, 3.8) is 0 Å². The fourth-order valence-corrected chi connectivity index (χ4v) is 1.02. The van der Waals surface area contributed by atoms with Crippen LogP contribution in [0.15, 0.2) is 0 Å². The summed E-state index contributed by atoms with van der Waals surface area (Å²) >= 11 is 0. The lowest BCUT2D eigenvalue weighted by Crippen LogP contribution is -2.36. The topological polar surface area (TPSA) is 55.6 Å². The van der Waals surface area contributed by atoms with Crippen LogP contribution in [0.3, 0.4) is 0 Å². The van der Waals surface area contributed by atoms with Crippen LogP contribution in [-0.2, 0) is 9.53 Å². The first-order valence-corrected chi connectivity index (χ1v) is 4.92. The molecule has 2 N–H and O–H groups in total. The van der Waals surface area contributed by atoms with Crippen molar-refractivity contribution in [3.8, 4) is 0 Å². The Labute approximate surface area is 86.4 Å². The molecular formula is C10H22N2O2. The Bertz CT molecular complexity index is 181. The third-order valence-electron chi connectivity index (χ3n) is 2.25. The summed E-state index contributed by atoms with van der Waals surface area (Å²) in [6.45, 7) is 5.14. The Morgan fingerprint density at radius 2 is 2.07 bits per heavy atom. The summed E-state index contributed by atoms with van der Waals surface area (Å²) in [6, 6.07) is 0. The van der Waals surface area contributed by atoms with E-state index in [2.05, 4.69) is 0 Å². The second-order valence-electron chi connectivity index (χ2n) is 4.10. The SMILES string of the molecule is COC(C)(C)CC(=O)N(C)CCCN. The largest absolute Gasteiger partial charge is 0.378 e. The Hall–Kier alpha value is -0.610. The van der Waals surface area contributed by atoms with Gasteiger partial charge >= 0.3 is 0 Å². The molecule has 0 spiro atoms. The first-order chi connectivity index (χ1) is 6.43. The number of methoxy groups -OCH3 is 1. The summed E-state index contributed by atoms with van der Waals surface area (Å²) in [5, 5.41) is 0. The van der Waals surface area contributed by atoms with Crippen molar-refractivity contribution in [2.45, 2.75) is 32.3 Å². The fraction of sp³-hybridized carbons (Fsp3) is 0.900. The van der Waals surface area contributed by atoms with E-state index < -0.39 is 0 Å². The first-order valence-electron chi connectivity index (χ1n) is 4.92. The molecule has 0 heterocycles. The van der Waals surface area contributed by atoms with E-state index >= 15 is 0 Å². The van der Waals surface area contributed by atoms with Crippen LogP contribution < -0.4 is 5.73 Å². The minimum atomic E-state index is -0.381. The van der Waals surface area contributed by atoms with E-state index in [1.807, 2.05) is 13.8 Å². The molecule has 1 amide bonds. The maximum atomic E-state index is 11.6. The maximum Gasteiger partial charge on any atom is 0.225 e. The van der Waals surface area contributed by atoms with Gasteiger partial charge in [-0.1, -0.05) is 0 Å². The highest BCUT2D eigenvalue weighted by Gasteiger charge is 2.22. The normalized spacial score (nSPS) is 11.5. The Kier molecular flexibility index (Phi) is 5.72. The van der Waals surface area contributed by atoms with Crippen molar-refractivity contribution in [2.24, 2.45) is 5.73 Å². The van der Waals surface area contributed by atoms with Gasteiger partial charge < -0.3 is 15.4 Å². The number of nitrogens with zero attached hydrogens (tertiary/aromatic N) is 1. The molecule has 0 aliphatic heterocycles. The number of carbonyl (C=O) groups excluding carboxylic acids is 1. The number of carbonyl (C=O) groups is 1. The lowest BCUT2D eigenvalue weighted by molar-refractivity contribution is -0.135. The van der Waals surface area contributed by atoms with Crippen molar-refractivity contribution in [2.75, 3.05) is 27.2 Å². The van der Waals surface area contributed by atoms with E-state index in [0.29, 0.717) is 13.0 Å². The van der Waals surface area contributed by atoms with Crippen molar-refractivity contribution in [1.82, 2.24) is 4.90 Å². The van der Waals surface area contributed by atoms with Crippen LogP contribution in [0.4, 0.5) is 0 Å². The predicted molar refractivity (Wildman–Crippen MR) is 57.0 cm³/mol. The zero-order valence-electron chi connectivity index (χ0n) is 9.67. The van der Waals surface area contributed by atoms with Gasteiger partial charge in [0.05, 0.1) is 12.0 Å². The van der Waals surface area contributed by atoms with Gasteiger partial charge in [0.15, 0.2) is 0 Å². The third kappa shape index (κ3) is 5.19. The van der Waals surface area contributed by atoms with Gasteiger partial charge in [0.25, 0.3) is 0 Å². The van der Waals surface area contributed by atoms with Gasteiger partial charge in [0.2, 0.25) is 5.91 Å². The van der Waals surface area contributed by atoms with Crippen molar-refractivity contribution in [1.29, 1.82) is 0 Å². The molecule has 84 valence electrons. The smallest absolute Gasteiger partial charge is 0.225 e. The lowest BCUT2D eigenvalue weighted by atomic mass is 10.0. The van der Waals surface area contributed by atoms with Gasteiger partial charge in [0, 0.05) is 20.7 Å². The van der Waals surface area contributed by atoms with Gasteiger partial charge in [-0.25, -0.2) is 0 Å². The van der Waals surface area contributed by atoms with Gasteiger partial charge in [-0.3, -0.25) is 4.79 Å². The lowest BCUT2D eigenvalue weighted by Gasteiger charge is -2.25. The molecule has 14 heavy (non-hydrogen) atoms. The summed E-state index contributed by atoms with van der Waals surface area (Å²) in [5.41, 5.74) is 4.99. The van der Waals surface area contributed by atoms with Crippen LogP contribution in [0.1, 0.15) is 26.7 Å². The molecule has 0 atom stereocenters. The van der Waals surface area contributed by atoms with Gasteiger partial charge in [-0.15, -0.1) is 0 Å². The Morgan fingerprint density at radius 3 is 2.50 bits per heavy atom. The van der Waals surface area contributed by atoms with Gasteiger partial charge in [-0.2, -0.15) is 0 Å². The second-order valence-corrected chi connectivity index (χ2v) is 4.10. The molecule has 0 unspecified atom stereocenters. The van der Waals surface area contributed by atoms with Crippen LogP contribution in [0.5, 0.6) is 0 Å². The Morgan fingerprint density at radius 1 is 1.50 bits per heavy atom. The molecule has 0 aliphatic carbocycles. The van der Waals surface area contributed by atoms with Crippen LogP contribution >= 0.6 is 0 Å². The average Bonchev–Trinajstić information content (AvgIpc) is 2.13. The molecule has 0 aromatic carbocycles. The van der Waals surface area contributed by atoms with E-state index in [-0.39, 0.29) is 11.5 Å². The highest BCUT2D eigenvalue weighted by molar-refractivity contribution is 5.76.